The number of ketones is 1. The SMILES string of the molecule is CC(C)c1c(O[Si](C)(C)C(C)(C)C)c(C(C)C)c([SH](=O)=O)c(C(C)C)c1C1C[C@H](O)CC2=CC[C@H]3[C@@H]4CCC(=O)[C@@]4(C)CC[C@@H]3[C@]21C. The number of hydrogen-bond donors (Lipinski definition) is 2. The maximum atomic E-state index is 13.6. The maximum absolute atomic E-state index is 13.6. The minimum Gasteiger partial charge on any atom is -0.543 e. The maximum Gasteiger partial charge on any atom is 0.250 e. The summed E-state index contributed by atoms with van der Waals surface area (Å²) in [7, 11) is -5.31. The van der Waals surface area contributed by atoms with Crippen molar-refractivity contribution in [3.05, 3.63) is 33.9 Å². The van der Waals surface area contributed by atoms with Crippen LogP contribution in [0, 0.1) is 28.6 Å². The molecule has 1 aromatic carbocycles. The molecule has 7 heteroatoms. The molecule has 0 spiro atoms. The molecule has 5 rings (SSSR count). The lowest BCUT2D eigenvalue weighted by molar-refractivity contribution is -0.132. The number of fused-ring (bicyclic) bond motifs is 5. The van der Waals surface area contributed by atoms with Gasteiger partial charge >= 0.3 is 0 Å². The van der Waals surface area contributed by atoms with E-state index < -0.39 is 25.1 Å². The van der Waals surface area contributed by atoms with Crippen LogP contribution in [0.4, 0.5) is 0 Å². The van der Waals surface area contributed by atoms with Gasteiger partial charge in [-0.3, -0.25) is 4.79 Å². The zero-order valence-electron chi connectivity index (χ0n) is 31.7. The molecule has 0 amide bonds. The van der Waals surface area contributed by atoms with E-state index in [9.17, 15) is 18.3 Å². The van der Waals surface area contributed by atoms with Crippen LogP contribution in [0.2, 0.25) is 18.1 Å². The molecule has 0 heterocycles. The summed E-state index contributed by atoms with van der Waals surface area (Å²) in [5.74, 6) is 2.40. The van der Waals surface area contributed by atoms with E-state index in [1.54, 1.807) is 0 Å². The molecule has 1 aromatic rings. The average Bonchev–Trinajstić information content (AvgIpc) is 3.24. The molecule has 0 bridgehead atoms. The van der Waals surface area contributed by atoms with Crippen LogP contribution < -0.4 is 4.43 Å². The summed E-state index contributed by atoms with van der Waals surface area (Å²) in [5, 5.41) is 11.6. The van der Waals surface area contributed by atoms with Gasteiger partial charge in [0.15, 0.2) is 10.7 Å². The molecular formula is C40H64O5SSi. The van der Waals surface area contributed by atoms with Crippen molar-refractivity contribution in [2.75, 3.05) is 0 Å². The smallest absolute Gasteiger partial charge is 0.250 e. The van der Waals surface area contributed by atoms with Gasteiger partial charge in [0.2, 0.25) is 0 Å². The lowest BCUT2D eigenvalue weighted by Gasteiger charge is -2.60. The standard InChI is InChI=1S/C40H64O5SSi/c1-22(2)32-35(33(23(3)4)37(46(43)44)34(24(5)6)36(32)45-47(12,13)38(7,8)9)30-21-26(41)20-25-14-15-27-28-16-17-31(42)39(28,10)19-18-29(27)40(25,30)11/h14,22-24,26-30,41,46H,15-21H2,1-13H3/t26-,27+,28+,29+,30?,39+,40+/m1/s1. The van der Waals surface area contributed by atoms with Gasteiger partial charge in [-0.05, 0) is 120 Å². The first-order chi connectivity index (χ1) is 21.6. The Hall–Kier alpha value is -1.44. The second-order valence-electron chi connectivity index (χ2n) is 18.6. The van der Waals surface area contributed by atoms with E-state index in [4.69, 9.17) is 4.43 Å². The Morgan fingerprint density at radius 3 is 2.06 bits per heavy atom. The van der Waals surface area contributed by atoms with Gasteiger partial charge in [-0.25, -0.2) is 8.42 Å². The fourth-order valence-corrected chi connectivity index (χ4v) is 12.7. The Balaban J connectivity index is 1.87. The topological polar surface area (TPSA) is 80.7 Å². The van der Waals surface area contributed by atoms with Crippen LogP contribution in [-0.4, -0.2) is 33.7 Å². The normalized spacial score (nSPS) is 32.9. The Morgan fingerprint density at radius 1 is 0.936 bits per heavy atom. The number of allylic oxidation sites excluding steroid dienone is 1. The van der Waals surface area contributed by atoms with Gasteiger partial charge in [-0.15, -0.1) is 0 Å². The molecule has 7 atom stereocenters. The van der Waals surface area contributed by atoms with Crippen LogP contribution in [-0.2, 0) is 15.5 Å². The summed E-state index contributed by atoms with van der Waals surface area (Å²) >= 11 is 0. The Kier molecular flexibility index (Phi) is 9.72. The summed E-state index contributed by atoms with van der Waals surface area (Å²) in [6, 6.07) is 0. The second kappa shape index (κ2) is 12.4. The van der Waals surface area contributed by atoms with Crippen molar-refractivity contribution in [2.45, 2.75) is 174 Å². The molecule has 0 aliphatic heterocycles. The number of rotatable bonds is 7. The van der Waals surface area contributed by atoms with Gasteiger partial charge in [0, 0.05) is 17.4 Å². The lowest BCUT2D eigenvalue weighted by Crippen LogP contribution is -2.53. The Labute approximate surface area is 288 Å². The highest BCUT2D eigenvalue weighted by molar-refractivity contribution is 7.72. The summed E-state index contributed by atoms with van der Waals surface area (Å²) < 4.78 is 34.6. The molecule has 4 aliphatic carbocycles. The van der Waals surface area contributed by atoms with Crippen LogP contribution in [0.1, 0.15) is 167 Å². The van der Waals surface area contributed by atoms with Crippen LogP contribution in [0.25, 0.3) is 0 Å². The summed E-state index contributed by atoms with van der Waals surface area (Å²) in [5.41, 5.74) is 4.92. The predicted molar refractivity (Wildman–Crippen MR) is 196 cm³/mol. The number of benzene rings is 1. The molecule has 0 aromatic heterocycles. The van der Waals surface area contributed by atoms with Crippen molar-refractivity contribution in [1.82, 2.24) is 0 Å². The molecule has 0 radical (unpaired) electrons. The van der Waals surface area contributed by atoms with Gasteiger partial charge in [0.25, 0.3) is 8.32 Å². The average molecular weight is 685 g/mol. The molecule has 264 valence electrons. The van der Waals surface area contributed by atoms with Crippen molar-refractivity contribution in [3.63, 3.8) is 0 Å². The highest BCUT2D eigenvalue weighted by Gasteiger charge is 2.61. The number of hydrogen-bond acceptors (Lipinski definition) is 5. The quantitative estimate of drug-likeness (QED) is 0.170. The largest absolute Gasteiger partial charge is 0.543 e. The third-order valence-corrected chi connectivity index (χ3v) is 19.1. The Bertz CT molecular complexity index is 1520. The van der Waals surface area contributed by atoms with Crippen molar-refractivity contribution in [3.8, 4) is 5.75 Å². The van der Waals surface area contributed by atoms with Crippen LogP contribution >= 0.6 is 0 Å². The highest BCUT2D eigenvalue weighted by atomic mass is 32.2. The third kappa shape index (κ3) is 5.74. The molecule has 1 N–H and O–H groups in total. The summed E-state index contributed by atoms with van der Waals surface area (Å²) in [6.45, 7) is 28.9. The number of carbonyl (C=O) groups is 1. The minimum atomic E-state index is -2.92. The molecular weight excluding hydrogens is 621 g/mol. The van der Waals surface area contributed by atoms with Gasteiger partial charge in [0.05, 0.1) is 11.0 Å². The minimum absolute atomic E-state index is 0.0265. The molecule has 3 saturated carbocycles. The van der Waals surface area contributed by atoms with E-state index in [-0.39, 0.29) is 39.5 Å². The first-order valence-corrected chi connectivity index (χ1v) is 22.7. The molecule has 1 unspecified atom stereocenters. The lowest BCUT2D eigenvalue weighted by atomic mass is 9.44. The first-order valence-electron chi connectivity index (χ1n) is 18.6. The number of aliphatic hydroxyl groups is 1. The van der Waals surface area contributed by atoms with E-state index in [1.165, 1.54) is 5.57 Å². The first kappa shape index (κ1) is 36.8. The van der Waals surface area contributed by atoms with Crippen LogP contribution in [0.5, 0.6) is 5.75 Å². The summed E-state index contributed by atoms with van der Waals surface area (Å²) in [4.78, 5) is 13.7. The van der Waals surface area contributed by atoms with Crippen molar-refractivity contribution in [1.29, 1.82) is 0 Å². The van der Waals surface area contributed by atoms with Gasteiger partial charge in [0.1, 0.15) is 11.5 Å². The molecule has 5 nitrogen and oxygen atoms in total. The molecule has 4 aliphatic rings. The zero-order valence-corrected chi connectivity index (χ0v) is 33.6. The fourth-order valence-electron chi connectivity index (χ4n) is 10.5. The van der Waals surface area contributed by atoms with Crippen LogP contribution in [0.15, 0.2) is 16.5 Å². The van der Waals surface area contributed by atoms with E-state index in [2.05, 4.69) is 95.3 Å². The number of thiol groups is 1. The van der Waals surface area contributed by atoms with E-state index >= 15 is 0 Å². The van der Waals surface area contributed by atoms with E-state index in [0.717, 1.165) is 53.7 Å². The van der Waals surface area contributed by atoms with Gasteiger partial charge in [-0.1, -0.05) is 87.8 Å². The second-order valence-corrected chi connectivity index (χ2v) is 24.3. The predicted octanol–water partition coefficient (Wildman–Crippen LogP) is 10.00. The Morgan fingerprint density at radius 2 is 1.53 bits per heavy atom. The van der Waals surface area contributed by atoms with Gasteiger partial charge < -0.3 is 9.53 Å². The number of aliphatic hydroxyl groups excluding tert-OH is 1. The molecule has 0 saturated heterocycles. The van der Waals surface area contributed by atoms with Crippen LogP contribution in [0.3, 0.4) is 0 Å². The molecule has 47 heavy (non-hydrogen) atoms. The number of carbonyl (C=O) groups excluding carboxylic acids is 1. The fraction of sp³-hybridized carbons (Fsp3) is 0.775. The molecule has 3 fully saturated rings. The van der Waals surface area contributed by atoms with Crippen molar-refractivity contribution in [2.24, 2.45) is 28.6 Å². The van der Waals surface area contributed by atoms with Crippen molar-refractivity contribution >= 4 is 24.8 Å². The zero-order chi connectivity index (χ0) is 35.2. The van der Waals surface area contributed by atoms with Gasteiger partial charge in [-0.2, -0.15) is 0 Å². The monoisotopic (exact) mass is 684 g/mol. The highest BCUT2D eigenvalue weighted by Crippen LogP contribution is 2.68. The van der Waals surface area contributed by atoms with E-state index in [0.29, 0.717) is 47.7 Å². The van der Waals surface area contributed by atoms with E-state index in [1.807, 2.05) is 0 Å². The number of Topliss-reactive ketones (excluding diaryl/α,β-unsaturated/α-hetero) is 1. The third-order valence-electron chi connectivity index (χ3n) is 13.9. The summed E-state index contributed by atoms with van der Waals surface area (Å²) in [6.07, 6.45) is 7.78. The van der Waals surface area contributed by atoms with Crippen molar-refractivity contribution < 1.29 is 22.7 Å².